The van der Waals surface area contributed by atoms with Gasteiger partial charge in [-0.05, 0) is 17.7 Å². The molecule has 6 heteroatoms. The molecule has 2 atom stereocenters. The zero-order valence-electron chi connectivity index (χ0n) is 15.5. The number of para-hydroxylation sites is 2. The van der Waals surface area contributed by atoms with E-state index in [2.05, 4.69) is 4.90 Å². The maximum absolute atomic E-state index is 12.2. The van der Waals surface area contributed by atoms with Crippen molar-refractivity contribution < 1.29 is 24.1 Å². The average Bonchev–Trinajstić information content (AvgIpc) is 3.08. The smallest absolute Gasteiger partial charge is 0.315 e. The predicted octanol–water partition coefficient (Wildman–Crippen LogP) is 2.77. The average molecular weight is 369 g/mol. The number of rotatable bonds is 5. The van der Waals surface area contributed by atoms with Crippen LogP contribution in [0.5, 0.6) is 17.2 Å². The summed E-state index contributed by atoms with van der Waals surface area (Å²) in [5.74, 6) is 1.25. The van der Waals surface area contributed by atoms with Crippen LogP contribution >= 0.6 is 0 Å². The number of hydrogen-bond donors (Lipinski definition) is 1. The molecular weight excluding hydrogens is 346 g/mol. The number of hydrogen-bond acceptors (Lipinski definition) is 5. The summed E-state index contributed by atoms with van der Waals surface area (Å²) in [7, 11) is 3.23. The summed E-state index contributed by atoms with van der Waals surface area (Å²) in [6.45, 7) is 1.87. The van der Waals surface area contributed by atoms with Crippen molar-refractivity contribution in [1.82, 2.24) is 4.90 Å². The molecule has 1 saturated heterocycles. The number of carboxylic acid groups (broad SMARTS) is 1. The topological polar surface area (TPSA) is 68.2 Å². The summed E-state index contributed by atoms with van der Waals surface area (Å²) < 4.78 is 16.7. The Balaban J connectivity index is 1.66. The molecule has 0 saturated carbocycles. The molecule has 6 nitrogen and oxygen atoms in total. The summed E-state index contributed by atoms with van der Waals surface area (Å²) in [4.78, 5) is 14.4. The van der Waals surface area contributed by atoms with Gasteiger partial charge in [0.25, 0.3) is 0 Å². The Morgan fingerprint density at radius 1 is 1.22 bits per heavy atom. The van der Waals surface area contributed by atoms with Crippen LogP contribution in [0.3, 0.4) is 0 Å². The molecule has 1 fully saturated rings. The van der Waals surface area contributed by atoms with Crippen molar-refractivity contribution in [3.05, 3.63) is 53.6 Å². The number of fused-ring (bicyclic) bond motifs is 3. The van der Waals surface area contributed by atoms with Gasteiger partial charge in [0.1, 0.15) is 17.8 Å². The van der Waals surface area contributed by atoms with Gasteiger partial charge in [-0.3, -0.25) is 9.69 Å². The van der Waals surface area contributed by atoms with E-state index in [9.17, 15) is 9.90 Å². The largest absolute Gasteiger partial charge is 0.493 e. The predicted molar refractivity (Wildman–Crippen MR) is 99.6 cm³/mol. The van der Waals surface area contributed by atoms with Gasteiger partial charge in [0.15, 0.2) is 11.5 Å². The third-order valence-corrected chi connectivity index (χ3v) is 5.70. The Morgan fingerprint density at radius 3 is 2.78 bits per heavy atom. The zero-order valence-corrected chi connectivity index (χ0v) is 15.5. The Morgan fingerprint density at radius 2 is 2.04 bits per heavy atom. The minimum Gasteiger partial charge on any atom is -0.493 e. The molecule has 2 aliphatic heterocycles. The molecule has 1 N–H and O–H groups in total. The van der Waals surface area contributed by atoms with Crippen LogP contribution in [-0.4, -0.2) is 49.9 Å². The van der Waals surface area contributed by atoms with E-state index < -0.39 is 11.4 Å². The number of carboxylic acids is 1. The van der Waals surface area contributed by atoms with Crippen LogP contribution in [0, 0.1) is 5.41 Å². The molecular formula is C21H23NO5. The highest BCUT2D eigenvalue weighted by atomic mass is 16.5. The molecule has 2 aromatic carbocycles. The number of carbonyl (C=O) groups is 1. The second-order valence-corrected chi connectivity index (χ2v) is 7.16. The van der Waals surface area contributed by atoms with Gasteiger partial charge in [-0.15, -0.1) is 0 Å². The van der Waals surface area contributed by atoms with Crippen LogP contribution in [0.2, 0.25) is 0 Å². The van der Waals surface area contributed by atoms with Crippen molar-refractivity contribution in [2.45, 2.75) is 12.5 Å². The number of nitrogens with zero attached hydrogens (tertiary/aromatic N) is 1. The second-order valence-electron chi connectivity index (χ2n) is 7.16. The first-order chi connectivity index (χ1) is 13.1. The van der Waals surface area contributed by atoms with Gasteiger partial charge in [0, 0.05) is 31.1 Å². The van der Waals surface area contributed by atoms with Crippen LogP contribution in [0.15, 0.2) is 42.5 Å². The highest BCUT2D eigenvalue weighted by Crippen LogP contribution is 2.50. The molecule has 0 aromatic heterocycles. The lowest BCUT2D eigenvalue weighted by atomic mass is 9.73. The summed E-state index contributed by atoms with van der Waals surface area (Å²) >= 11 is 0. The van der Waals surface area contributed by atoms with E-state index in [4.69, 9.17) is 14.2 Å². The number of methoxy groups -OCH3 is 2. The van der Waals surface area contributed by atoms with Gasteiger partial charge in [-0.25, -0.2) is 0 Å². The van der Waals surface area contributed by atoms with E-state index in [0.717, 1.165) is 16.9 Å². The second kappa shape index (κ2) is 6.78. The van der Waals surface area contributed by atoms with E-state index >= 15 is 0 Å². The van der Waals surface area contributed by atoms with Crippen LogP contribution in [-0.2, 0) is 11.3 Å². The van der Waals surface area contributed by atoms with Crippen LogP contribution in [0.1, 0.15) is 17.0 Å². The molecule has 0 spiro atoms. The van der Waals surface area contributed by atoms with Crippen molar-refractivity contribution in [3.8, 4) is 17.2 Å². The lowest BCUT2D eigenvalue weighted by Gasteiger charge is -2.35. The minimum absolute atomic E-state index is 0.100. The molecule has 27 heavy (non-hydrogen) atoms. The lowest BCUT2D eigenvalue weighted by Crippen LogP contribution is -2.45. The molecule has 0 unspecified atom stereocenters. The summed E-state index contributed by atoms with van der Waals surface area (Å²) in [5, 5.41) is 10.0. The first-order valence-electron chi connectivity index (χ1n) is 8.96. The van der Waals surface area contributed by atoms with Crippen molar-refractivity contribution in [3.63, 3.8) is 0 Å². The number of benzene rings is 2. The fraction of sp³-hybridized carbons (Fsp3) is 0.381. The summed E-state index contributed by atoms with van der Waals surface area (Å²) in [5.41, 5.74) is 1.02. The Hall–Kier alpha value is -2.73. The monoisotopic (exact) mass is 369 g/mol. The Bertz CT molecular complexity index is 867. The standard InChI is InChI=1S/C21H23NO5/c1-25-18-9-5-6-14(19(18)26-2)10-22-11-16-15-7-3-4-8-17(15)27-13-21(16,12-22)20(23)24/h3-9,16H,10-13H2,1-2H3,(H,23,24)/t16-,21-/m1/s1. The molecule has 142 valence electrons. The first-order valence-corrected chi connectivity index (χ1v) is 8.96. The normalized spacial score (nSPS) is 23.9. The van der Waals surface area contributed by atoms with Crippen molar-refractivity contribution in [1.29, 1.82) is 0 Å². The van der Waals surface area contributed by atoms with E-state index in [1.807, 2.05) is 42.5 Å². The SMILES string of the molecule is COc1cccc(CN2C[C@@H]3c4ccccc4OC[C@]3(C(=O)O)C2)c1OC. The maximum Gasteiger partial charge on any atom is 0.315 e. The van der Waals surface area contributed by atoms with Crippen molar-refractivity contribution >= 4 is 5.97 Å². The first kappa shape index (κ1) is 17.7. The van der Waals surface area contributed by atoms with Crippen LogP contribution in [0.4, 0.5) is 0 Å². The van der Waals surface area contributed by atoms with Gasteiger partial charge in [0.2, 0.25) is 0 Å². The molecule has 0 bridgehead atoms. The Kier molecular flexibility index (Phi) is 4.44. The zero-order chi connectivity index (χ0) is 19.0. The molecule has 4 rings (SSSR count). The number of aliphatic carboxylic acids is 1. The fourth-order valence-corrected chi connectivity index (χ4v) is 4.37. The Labute approximate surface area is 158 Å². The summed E-state index contributed by atoms with van der Waals surface area (Å²) in [6, 6.07) is 13.5. The van der Waals surface area contributed by atoms with E-state index in [1.165, 1.54) is 0 Å². The highest BCUT2D eigenvalue weighted by Gasteiger charge is 2.56. The molecule has 2 aromatic rings. The fourth-order valence-electron chi connectivity index (χ4n) is 4.37. The van der Waals surface area contributed by atoms with E-state index in [1.54, 1.807) is 14.2 Å². The minimum atomic E-state index is -0.930. The van der Waals surface area contributed by atoms with Gasteiger partial charge >= 0.3 is 5.97 Å². The maximum atomic E-state index is 12.2. The van der Waals surface area contributed by atoms with Gasteiger partial charge in [0.05, 0.1) is 14.2 Å². The van der Waals surface area contributed by atoms with E-state index in [-0.39, 0.29) is 12.5 Å². The summed E-state index contributed by atoms with van der Waals surface area (Å²) in [6.07, 6.45) is 0. The quantitative estimate of drug-likeness (QED) is 0.874. The molecule has 0 amide bonds. The van der Waals surface area contributed by atoms with E-state index in [0.29, 0.717) is 31.1 Å². The van der Waals surface area contributed by atoms with Crippen molar-refractivity contribution in [2.24, 2.45) is 5.41 Å². The molecule has 2 heterocycles. The molecule has 2 aliphatic rings. The van der Waals surface area contributed by atoms with Gasteiger partial charge < -0.3 is 19.3 Å². The third-order valence-electron chi connectivity index (χ3n) is 5.70. The highest BCUT2D eigenvalue weighted by molar-refractivity contribution is 5.78. The lowest BCUT2D eigenvalue weighted by molar-refractivity contribution is -0.151. The third kappa shape index (κ3) is 2.80. The van der Waals surface area contributed by atoms with Gasteiger partial charge in [-0.2, -0.15) is 0 Å². The van der Waals surface area contributed by atoms with Crippen LogP contribution < -0.4 is 14.2 Å². The van der Waals surface area contributed by atoms with Crippen LogP contribution in [0.25, 0.3) is 0 Å². The molecule has 0 radical (unpaired) electrons. The molecule has 0 aliphatic carbocycles. The number of likely N-dealkylation sites (tertiary alicyclic amines) is 1. The van der Waals surface area contributed by atoms with Gasteiger partial charge in [-0.1, -0.05) is 30.3 Å². The number of ether oxygens (including phenoxy) is 3. The van der Waals surface area contributed by atoms with Crippen molar-refractivity contribution in [2.75, 3.05) is 33.9 Å².